The summed E-state index contributed by atoms with van der Waals surface area (Å²) < 4.78 is 43.7. The molecule has 4 rings (SSSR count). The molecule has 2 heterocycles. The zero-order valence-corrected chi connectivity index (χ0v) is 16.3. The summed E-state index contributed by atoms with van der Waals surface area (Å²) in [5.74, 6) is 0.599. The van der Waals surface area contributed by atoms with E-state index in [0.717, 1.165) is 23.2 Å². The standard InChI is InChI=1S/C22H17F3N4O2/c1-13-10-18-20(28-13)26-12-27-21(18)31-17-8-6-16(7-9-17)29-19(30)11-14-2-4-15(5-3-14)22(23,24)25/h2-10,12H,11H2,1H3,(H,29,30)(H,26,27,28). The van der Waals surface area contributed by atoms with Crippen LogP contribution in [0.1, 0.15) is 16.8 Å². The molecule has 0 spiro atoms. The van der Waals surface area contributed by atoms with Crippen molar-refractivity contribution in [1.29, 1.82) is 0 Å². The molecular weight excluding hydrogens is 409 g/mol. The van der Waals surface area contributed by atoms with Gasteiger partial charge in [0.25, 0.3) is 0 Å². The molecule has 4 aromatic rings. The summed E-state index contributed by atoms with van der Waals surface area (Å²) in [6, 6.07) is 13.1. The topological polar surface area (TPSA) is 79.9 Å². The minimum absolute atomic E-state index is 0.0395. The van der Waals surface area contributed by atoms with Crippen molar-refractivity contribution >= 4 is 22.6 Å². The Labute approximate surface area is 175 Å². The number of fused-ring (bicyclic) bond motifs is 1. The average Bonchev–Trinajstić information content (AvgIpc) is 3.10. The van der Waals surface area contributed by atoms with E-state index in [1.807, 2.05) is 13.0 Å². The van der Waals surface area contributed by atoms with Crippen LogP contribution in [0.5, 0.6) is 11.6 Å². The fourth-order valence-corrected chi connectivity index (χ4v) is 3.05. The number of halogens is 3. The number of benzene rings is 2. The van der Waals surface area contributed by atoms with Crippen molar-refractivity contribution in [2.45, 2.75) is 19.5 Å². The summed E-state index contributed by atoms with van der Waals surface area (Å²) in [6.45, 7) is 1.91. The number of alkyl halides is 3. The maximum absolute atomic E-state index is 12.6. The van der Waals surface area contributed by atoms with Gasteiger partial charge in [-0.25, -0.2) is 9.97 Å². The minimum Gasteiger partial charge on any atom is -0.438 e. The Morgan fingerprint density at radius 1 is 1.06 bits per heavy atom. The van der Waals surface area contributed by atoms with Gasteiger partial charge in [0, 0.05) is 11.4 Å². The Balaban J connectivity index is 1.38. The lowest BCUT2D eigenvalue weighted by Gasteiger charge is -2.09. The highest BCUT2D eigenvalue weighted by Gasteiger charge is 2.29. The summed E-state index contributed by atoms with van der Waals surface area (Å²) in [4.78, 5) is 23.6. The second kappa shape index (κ2) is 8.10. The first-order valence-electron chi connectivity index (χ1n) is 9.32. The number of H-pyrrole nitrogens is 1. The fourth-order valence-electron chi connectivity index (χ4n) is 3.05. The SMILES string of the molecule is Cc1cc2c(Oc3ccc(NC(=O)Cc4ccc(C(F)(F)F)cc4)cc3)ncnc2[nH]1. The summed E-state index contributed by atoms with van der Waals surface area (Å²) >= 11 is 0. The Morgan fingerprint density at radius 2 is 1.77 bits per heavy atom. The minimum atomic E-state index is -4.40. The molecule has 31 heavy (non-hydrogen) atoms. The summed E-state index contributed by atoms with van der Waals surface area (Å²) in [5.41, 5.74) is 1.89. The summed E-state index contributed by atoms with van der Waals surface area (Å²) in [7, 11) is 0. The molecule has 0 radical (unpaired) electrons. The third-order valence-electron chi connectivity index (χ3n) is 4.52. The van der Waals surface area contributed by atoms with Crippen LogP contribution < -0.4 is 10.1 Å². The lowest BCUT2D eigenvalue weighted by molar-refractivity contribution is -0.137. The highest BCUT2D eigenvalue weighted by molar-refractivity contribution is 5.92. The van der Waals surface area contributed by atoms with E-state index < -0.39 is 11.7 Å². The molecule has 158 valence electrons. The Hall–Kier alpha value is -3.88. The normalized spacial score (nSPS) is 11.5. The molecule has 2 aromatic heterocycles. The number of amides is 1. The van der Waals surface area contributed by atoms with Crippen molar-refractivity contribution in [1.82, 2.24) is 15.0 Å². The first-order valence-corrected chi connectivity index (χ1v) is 9.32. The average molecular weight is 426 g/mol. The van der Waals surface area contributed by atoms with Gasteiger partial charge < -0.3 is 15.0 Å². The number of aryl methyl sites for hydroxylation is 1. The monoisotopic (exact) mass is 426 g/mol. The zero-order chi connectivity index (χ0) is 22.0. The highest BCUT2D eigenvalue weighted by Crippen LogP contribution is 2.30. The van der Waals surface area contributed by atoms with E-state index in [2.05, 4.69) is 20.3 Å². The van der Waals surface area contributed by atoms with Crippen LogP contribution in [0, 0.1) is 6.92 Å². The lowest BCUT2D eigenvalue weighted by Crippen LogP contribution is -2.14. The predicted molar refractivity (Wildman–Crippen MR) is 109 cm³/mol. The van der Waals surface area contributed by atoms with Gasteiger partial charge in [-0.3, -0.25) is 4.79 Å². The van der Waals surface area contributed by atoms with Gasteiger partial charge in [-0.05, 0) is 55.0 Å². The van der Waals surface area contributed by atoms with E-state index >= 15 is 0 Å². The molecule has 0 saturated carbocycles. The Bertz CT molecular complexity index is 1220. The van der Waals surface area contributed by atoms with Gasteiger partial charge in [0.1, 0.15) is 17.7 Å². The summed E-state index contributed by atoms with van der Waals surface area (Å²) in [5, 5.41) is 3.47. The third-order valence-corrected chi connectivity index (χ3v) is 4.52. The van der Waals surface area contributed by atoms with Gasteiger partial charge in [0.05, 0.1) is 17.4 Å². The van der Waals surface area contributed by atoms with Gasteiger partial charge in [0.2, 0.25) is 11.8 Å². The number of anilines is 1. The number of ether oxygens (including phenoxy) is 1. The molecule has 2 N–H and O–H groups in total. The molecule has 0 aliphatic rings. The molecule has 9 heteroatoms. The zero-order valence-electron chi connectivity index (χ0n) is 16.3. The second-order valence-corrected chi connectivity index (χ2v) is 6.94. The van der Waals surface area contributed by atoms with Gasteiger partial charge >= 0.3 is 6.18 Å². The van der Waals surface area contributed by atoms with E-state index in [4.69, 9.17) is 4.74 Å². The molecule has 6 nitrogen and oxygen atoms in total. The predicted octanol–water partition coefficient (Wildman–Crippen LogP) is 5.26. The molecule has 0 aliphatic heterocycles. The molecule has 0 unspecified atom stereocenters. The molecule has 0 saturated heterocycles. The number of aromatic amines is 1. The van der Waals surface area contributed by atoms with Crippen LogP contribution in [-0.4, -0.2) is 20.9 Å². The lowest BCUT2D eigenvalue weighted by atomic mass is 10.1. The van der Waals surface area contributed by atoms with Crippen molar-refractivity contribution in [2.24, 2.45) is 0 Å². The van der Waals surface area contributed by atoms with E-state index in [9.17, 15) is 18.0 Å². The Kier molecular flexibility index (Phi) is 5.33. The molecule has 1 amide bonds. The van der Waals surface area contributed by atoms with Crippen molar-refractivity contribution in [2.75, 3.05) is 5.32 Å². The van der Waals surface area contributed by atoms with Crippen LogP contribution in [0.3, 0.4) is 0 Å². The van der Waals surface area contributed by atoms with Crippen molar-refractivity contribution in [3.05, 3.63) is 77.7 Å². The van der Waals surface area contributed by atoms with Crippen LogP contribution in [0.2, 0.25) is 0 Å². The van der Waals surface area contributed by atoms with E-state index in [1.165, 1.54) is 18.5 Å². The first kappa shape index (κ1) is 20.4. The maximum atomic E-state index is 12.6. The largest absolute Gasteiger partial charge is 0.438 e. The number of carbonyl (C=O) groups is 1. The Morgan fingerprint density at radius 3 is 2.45 bits per heavy atom. The van der Waals surface area contributed by atoms with Crippen LogP contribution >= 0.6 is 0 Å². The molecule has 2 aromatic carbocycles. The molecule has 0 aliphatic carbocycles. The highest BCUT2D eigenvalue weighted by atomic mass is 19.4. The van der Waals surface area contributed by atoms with Crippen molar-refractivity contribution < 1.29 is 22.7 Å². The smallest absolute Gasteiger partial charge is 0.416 e. The van der Waals surface area contributed by atoms with Crippen molar-refractivity contribution in [3.63, 3.8) is 0 Å². The van der Waals surface area contributed by atoms with Crippen LogP contribution in [0.25, 0.3) is 11.0 Å². The molecule has 0 atom stereocenters. The fraction of sp³-hybridized carbons (Fsp3) is 0.136. The third kappa shape index (κ3) is 4.82. The molecular formula is C22H17F3N4O2. The first-order chi connectivity index (χ1) is 14.8. The van der Waals surface area contributed by atoms with E-state index in [1.54, 1.807) is 24.3 Å². The van der Waals surface area contributed by atoms with Gasteiger partial charge in [0.15, 0.2) is 0 Å². The maximum Gasteiger partial charge on any atom is 0.416 e. The number of nitrogens with one attached hydrogen (secondary N) is 2. The number of aromatic nitrogens is 3. The molecule has 0 bridgehead atoms. The quantitative estimate of drug-likeness (QED) is 0.456. The van der Waals surface area contributed by atoms with Gasteiger partial charge in [-0.2, -0.15) is 13.2 Å². The number of carbonyl (C=O) groups excluding carboxylic acids is 1. The van der Waals surface area contributed by atoms with Crippen LogP contribution in [-0.2, 0) is 17.4 Å². The van der Waals surface area contributed by atoms with Gasteiger partial charge in [-0.1, -0.05) is 12.1 Å². The van der Waals surface area contributed by atoms with E-state index in [0.29, 0.717) is 28.5 Å². The van der Waals surface area contributed by atoms with Crippen molar-refractivity contribution in [3.8, 4) is 11.6 Å². The summed E-state index contributed by atoms with van der Waals surface area (Å²) in [6.07, 6.45) is -3.03. The number of hydrogen-bond donors (Lipinski definition) is 2. The van der Waals surface area contributed by atoms with E-state index in [-0.39, 0.29) is 12.3 Å². The second-order valence-electron chi connectivity index (χ2n) is 6.94. The van der Waals surface area contributed by atoms with Gasteiger partial charge in [-0.15, -0.1) is 0 Å². The van der Waals surface area contributed by atoms with Crippen LogP contribution in [0.4, 0.5) is 18.9 Å². The number of rotatable bonds is 5. The number of hydrogen-bond acceptors (Lipinski definition) is 4. The number of nitrogens with zero attached hydrogens (tertiary/aromatic N) is 2. The van der Waals surface area contributed by atoms with Crippen LogP contribution in [0.15, 0.2) is 60.9 Å². The molecule has 0 fully saturated rings.